The summed E-state index contributed by atoms with van der Waals surface area (Å²) in [6.07, 6.45) is 0. The van der Waals surface area contributed by atoms with E-state index in [9.17, 15) is 20.1 Å². The first-order valence-electron chi connectivity index (χ1n) is 8.14. The van der Waals surface area contributed by atoms with Gasteiger partial charge in [0, 0.05) is 5.56 Å². The quantitative estimate of drug-likeness (QED) is 0.318. The number of phenols is 3. The molecule has 0 atom stereocenters. The molecule has 29 heavy (non-hydrogen) atoms. The number of aromatic hydroxyl groups is 3. The fraction of sp³-hybridized carbons (Fsp3) is 0.211. The summed E-state index contributed by atoms with van der Waals surface area (Å²) in [6.45, 7) is 0. The van der Waals surface area contributed by atoms with Crippen LogP contribution in [0.15, 0.2) is 27.4 Å². The minimum atomic E-state index is -0.681. The summed E-state index contributed by atoms with van der Waals surface area (Å²) in [5, 5.41) is 29.7. The second-order valence-electron chi connectivity index (χ2n) is 5.70. The van der Waals surface area contributed by atoms with Gasteiger partial charge < -0.3 is 38.8 Å². The van der Waals surface area contributed by atoms with Crippen LogP contribution in [0.1, 0.15) is 0 Å². The third-order valence-electron chi connectivity index (χ3n) is 4.16. The molecule has 0 aliphatic rings. The van der Waals surface area contributed by atoms with Gasteiger partial charge in [-0.25, -0.2) is 0 Å². The Hall–Kier alpha value is -3.79. The monoisotopic (exact) mass is 406 g/mol. The Balaban J connectivity index is 2.52. The van der Waals surface area contributed by atoms with Gasteiger partial charge in [0.25, 0.3) is 0 Å². The number of fused-ring (bicyclic) bond motifs is 1. The van der Waals surface area contributed by atoms with Crippen molar-refractivity contribution >= 4 is 11.0 Å². The molecule has 0 aliphatic heterocycles. The molecule has 3 N–H and O–H groups in total. The first-order valence-corrected chi connectivity index (χ1v) is 8.14. The van der Waals surface area contributed by atoms with Crippen LogP contribution in [0.25, 0.3) is 22.3 Å². The number of benzene rings is 2. The number of rotatable bonds is 6. The lowest BCUT2D eigenvalue weighted by molar-refractivity contribution is -0.178. The van der Waals surface area contributed by atoms with E-state index in [4.69, 9.17) is 23.5 Å². The molecule has 1 aromatic heterocycles. The third-order valence-corrected chi connectivity index (χ3v) is 4.16. The number of hydrogen-bond acceptors (Lipinski definition) is 10. The van der Waals surface area contributed by atoms with Gasteiger partial charge in [-0.3, -0.25) is 4.79 Å². The average Bonchev–Trinajstić information content (AvgIpc) is 2.70. The van der Waals surface area contributed by atoms with E-state index in [1.54, 1.807) is 0 Å². The molecule has 154 valence electrons. The molecular weight excluding hydrogens is 388 g/mol. The van der Waals surface area contributed by atoms with Crippen LogP contribution in [0.4, 0.5) is 0 Å². The summed E-state index contributed by atoms with van der Waals surface area (Å²) in [4.78, 5) is 22.9. The van der Waals surface area contributed by atoms with Crippen LogP contribution in [0.3, 0.4) is 0 Å². The summed E-state index contributed by atoms with van der Waals surface area (Å²) in [5.74, 6) is -2.21. The Labute approximate surface area is 163 Å². The van der Waals surface area contributed by atoms with Crippen LogP contribution in [0.5, 0.6) is 40.2 Å². The molecule has 0 amide bonds. The zero-order valence-electron chi connectivity index (χ0n) is 15.9. The van der Waals surface area contributed by atoms with Gasteiger partial charge in [0.05, 0.1) is 28.4 Å². The highest BCUT2D eigenvalue weighted by Gasteiger charge is 2.30. The number of methoxy groups -OCH3 is 3. The van der Waals surface area contributed by atoms with Crippen molar-refractivity contribution in [2.45, 2.75) is 0 Å². The topological polar surface area (TPSA) is 137 Å². The molecule has 0 aliphatic carbocycles. The predicted octanol–water partition coefficient (Wildman–Crippen LogP) is 2.54. The van der Waals surface area contributed by atoms with Crippen LogP contribution < -0.4 is 24.5 Å². The van der Waals surface area contributed by atoms with Gasteiger partial charge in [-0.15, -0.1) is 0 Å². The summed E-state index contributed by atoms with van der Waals surface area (Å²) >= 11 is 0. The normalized spacial score (nSPS) is 10.8. The summed E-state index contributed by atoms with van der Waals surface area (Å²) in [7, 11) is 4.99. The summed E-state index contributed by atoms with van der Waals surface area (Å²) in [6, 6.07) is 3.81. The molecule has 0 unspecified atom stereocenters. The van der Waals surface area contributed by atoms with Crippen molar-refractivity contribution in [1.29, 1.82) is 0 Å². The van der Waals surface area contributed by atoms with Gasteiger partial charge >= 0.3 is 0 Å². The Kier molecular flexibility index (Phi) is 5.29. The summed E-state index contributed by atoms with van der Waals surface area (Å²) in [5.41, 5.74) is -0.631. The predicted molar refractivity (Wildman–Crippen MR) is 100 cm³/mol. The Morgan fingerprint density at radius 3 is 2.03 bits per heavy atom. The van der Waals surface area contributed by atoms with Crippen LogP contribution in [0.2, 0.25) is 0 Å². The van der Waals surface area contributed by atoms with Gasteiger partial charge in [-0.05, 0) is 18.2 Å². The van der Waals surface area contributed by atoms with Gasteiger partial charge in [0.1, 0.15) is 5.39 Å². The van der Waals surface area contributed by atoms with E-state index in [0.29, 0.717) is 0 Å². The fourth-order valence-electron chi connectivity index (χ4n) is 2.90. The molecule has 10 nitrogen and oxygen atoms in total. The van der Waals surface area contributed by atoms with Crippen LogP contribution in [0, 0.1) is 0 Å². The van der Waals surface area contributed by atoms with E-state index >= 15 is 0 Å². The van der Waals surface area contributed by atoms with E-state index in [1.165, 1.54) is 46.6 Å². The van der Waals surface area contributed by atoms with Crippen LogP contribution in [-0.4, -0.2) is 43.8 Å². The van der Waals surface area contributed by atoms with E-state index in [1.807, 2.05) is 0 Å². The van der Waals surface area contributed by atoms with Gasteiger partial charge in [0.2, 0.25) is 34.2 Å². The Morgan fingerprint density at radius 2 is 1.48 bits per heavy atom. The van der Waals surface area contributed by atoms with Crippen LogP contribution >= 0.6 is 0 Å². The Morgan fingerprint density at radius 1 is 0.828 bits per heavy atom. The first kappa shape index (κ1) is 20.0. The van der Waals surface area contributed by atoms with Crippen LogP contribution in [-0.2, 0) is 4.89 Å². The molecule has 0 bridgehead atoms. The minimum Gasteiger partial charge on any atom is -0.504 e. The van der Waals surface area contributed by atoms with E-state index in [0.717, 1.165) is 0 Å². The van der Waals surface area contributed by atoms with E-state index in [2.05, 4.69) is 4.89 Å². The number of phenolic OH excluding ortho intramolecular Hbond substituents is 3. The SMILES string of the molecule is COOc1c(OC)c(O)c(OC)c2oc(-c3ccc(O)c(O)c3)c(OC)c(=O)c12. The third kappa shape index (κ3) is 3.09. The standard InChI is InChI=1S/C19H18O10/c1-24-17-12(22)11-15(28-14(17)8-5-6-9(20)10(21)7-8)18(25-2)13(23)19(26-3)16(11)29-27-4/h5-7,20-21,23H,1-4H3. The molecular formula is C19H18O10. The molecule has 10 heteroatoms. The van der Waals surface area contributed by atoms with Crippen molar-refractivity contribution in [3.8, 4) is 51.6 Å². The molecule has 0 saturated heterocycles. The fourth-order valence-corrected chi connectivity index (χ4v) is 2.90. The molecule has 0 saturated carbocycles. The molecule has 0 fully saturated rings. The van der Waals surface area contributed by atoms with Gasteiger partial charge in [0.15, 0.2) is 22.8 Å². The van der Waals surface area contributed by atoms with E-state index in [-0.39, 0.29) is 51.0 Å². The van der Waals surface area contributed by atoms with Crippen molar-refractivity contribution in [2.24, 2.45) is 0 Å². The highest BCUT2D eigenvalue weighted by atomic mass is 17.2. The first-order chi connectivity index (χ1) is 13.9. The highest BCUT2D eigenvalue weighted by molar-refractivity contribution is 5.96. The zero-order chi connectivity index (χ0) is 21.3. The van der Waals surface area contributed by atoms with Gasteiger partial charge in [-0.2, -0.15) is 4.89 Å². The molecule has 0 radical (unpaired) electrons. The zero-order valence-corrected chi connectivity index (χ0v) is 15.9. The number of ether oxygens (including phenoxy) is 3. The maximum Gasteiger partial charge on any atom is 0.239 e. The smallest absolute Gasteiger partial charge is 0.239 e. The van der Waals surface area contributed by atoms with Crippen molar-refractivity contribution < 1.29 is 43.7 Å². The van der Waals surface area contributed by atoms with Gasteiger partial charge in [-0.1, -0.05) is 0 Å². The molecule has 0 spiro atoms. The maximum atomic E-state index is 13.2. The van der Waals surface area contributed by atoms with Crippen molar-refractivity contribution in [3.05, 3.63) is 28.4 Å². The molecule has 2 aromatic carbocycles. The molecule has 3 aromatic rings. The second kappa shape index (κ2) is 7.68. The van der Waals surface area contributed by atoms with Crippen molar-refractivity contribution in [2.75, 3.05) is 28.4 Å². The maximum absolute atomic E-state index is 13.2. The van der Waals surface area contributed by atoms with Crippen molar-refractivity contribution in [3.63, 3.8) is 0 Å². The number of hydrogen-bond donors (Lipinski definition) is 3. The van der Waals surface area contributed by atoms with E-state index < -0.39 is 16.9 Å². The minimum absolute atomic E-state index is 0.0773. The largest absolute Gasteiger partial charge is 0.504 e. The second-order valence-corrected chi connectivity index (χ2v) is 5.70. The van der Waals surface area contributed by atoms with Crippen molar-refractivity contribution in [1.82, 2.24) is 0 Å². The average molecular weight is 406 g/mol. The lowest BCUT2D eigenvalue weighted by atomic mass is 10.1. The lowest BCUT2D eigenvalue weighted by Crippen LogP contribution is -2.11. The summed E-state index contributed by atoms with van der Waals surface area (Å²) < 4.78 is 21.4. The lowest BCUT2D eigenvalue weighted by Gasteiger charge is -2.17. The highest BCUT2D eigenvalue weighted by Crippen LogP contribution is 2.51. The Bertz CT molecular complexity index is 1130. The molecule has 3 rings (SSSR count). The molecule has 1 heterocycles.